The van der Waals surface area contributed by atoms with Crippen molar-refractivity contribution >= 4 is 23.6 Å². The van der Waals surface area contributed by atoms with E-state index in [0.29, 0.717) is 5.56 Å². The van der Waals surface area contributed by atoms with E-state index in [4.69, 9.17) is 4.74 Å². The van der Waals surface area contributed by atoms with Crippen LogP contribution in [0.1, 0.15) is 60.3 Å². The number of nitrogens with zero attached hydrogens (tertiary/aromatic N) is 1. The topological polar surface area (TPSA) is 80.8 Å². The van der Waals surface area contributed by atoms with E-state index in [1.807, 2.05) is 27.7 Å². The largest absolute Gasteiger partial charge is 0.456 e. The first-order chi connectivity index (χ1) is 13.6. The second kappa shape index (κ2) is 7.62. The second-order valence-electron chi connectivity index (χ2n) is 7.35. The minimum Gasteiger partial charge on any atom is -0.456 e. The van der Waals surface area contributed by atoms with Gasteiger partial charge in [0.2, 0.25) is 5.78 Å². The molecule has 0 radical (unpaired) electrons. The molecular weight excluding hydrogens is 370 g/mol. The van der Waals surface area contributed by atoms with E-state index in [-0.39, 0.29) is 16.9 Å². The molecule has 0 unspecified atom stereocenters. The first-order valence-electron chi connectivity index (χ1n) is 9.39. The molecule has 6 heteroatoms. The summed E-state index contributed by atoms with van der Waals surface area (Å²) < 4.78 is 5.16. The number of rotatable bonds is 5. The van der Waals surface area contributed by atoms with Crippen LogP contribution in [0.15, 0.2) is 30.3 Å². The minimum atomic E-state index is -1.13. The summed E-state index contributed by atoms with van der Waals surface area (Å²) in [5, 5.41) is 0. The van der Waals surface area contributed by atoms with Gasteiger partial charge >= 0.3 is 5.97 Å². The number of aryl methyl sites for hydroxylation is 1. The van der Waals surface area contributed by atoms with Crippen molar-refractivity contribution in [1.82, 2.24) is 4.90 Å². The summed E-state index contributed by atoms with van der Waals surface area (Å²) in [7, 11) is 0. The molecule has 3 rings (SSSR count). The summed E-state index contributed by atoms with van der Waals surface area (Å²) in [6, 6.07) is 7.06. The van der Waals surface area contributed by atoms with Gasteiger partial charge in [0, 0.05) is 5.56 Å². The smallest absolute Gasteiger partial charge is 0.329 e. The third-order valence-electron chi connectivity index (χ3n) is 5.68. The molecule has 2 amide bonds. The monoisotopic (exact) mass is 393 g/mol. The number of carbonyl (C=O) groups excluding carboxylic acids is 4. The van der Waals surface area contributed by atoms with Crippen LogP contribution in [-0.4, -0.2) is 41.1 Å². The zero-order valence-electron chi connectivity index (χ0n) is 17.2. The molecule has 2 aromatic carbocycles. The number of fused-ring (bicyclic) bond motifs is 1. The maximum atomic E-state index is 12.6. The molecule has 1 heterocycles. The molecule has 150 valence electrons. The highest BCUT2D eigenvalue weighted by Gasteiger charge is 2.41. The van der Waals surface area contributed by atoms with Crippen molar-refractivity contribution in [3.05, 3.63) is 69.3 Å². The lowest BCUT2D eigenvalue weighted by Crippen LogP contribution is -2.44. The van der Waals surface area contributed by atoms with Crippen molar-refractivity contribution in [2.45, 2.75) is 40.7 Å². The summed E-state index contributed by atoms with van der Waals surface area (Å²) in [5.41, 5.74) is 5.01. The number of hydrogen-bond donors (Lipinski definition) is 0. The Balaban J connectivity index is 1.71. The molecule has 0 saturated carbocycles. The minimum absolute atomic E-state index is 0.259. The van der Waals surface area contributed by atoms with Crippen molar-refractivity contribution in [3.8, 4) is 0 Å². The molecule has 0 spiro atoms. The SMILES string of the molecule is Cc1cc(C(=O)COC(=O)[C@@H](C)N2C(=O)c3ccccc3C2=O)c(C)c(C)c1C. The normalized spacial score (nSPS) is 14.0. The van der Waals surface area contributed by atoms with Gasteiger partial charge in [-0.3, -0.25) is 19.3 Å². The first kappa shape index (κ1) is 20.5. The number of carbonyl (C=O) groups is 4. The van der Waals surface area contributed by atoms with Crippen LogP contribution in [0.3, 0.4) is 0 Å². The third-order valence-corrected chi connectivity index (χ3v) is 5.68. The molecule has 29 heavy (non-hydrogen) atoms. The van der Waals surface area contributed by atoms with E-state index in [2.05, 4.69) is 0 Å². The van der Waals surface area contributed by atoms with Gasteiger partial charge in [-0.05, 0) is 75.1 Å². The molecular formula is C23H23NO5. The number of esters is 1. The molecule has 6 nitrogen and oxygen atoms in total. The molecule has 0 bridgehead atoms. The van der Waals surface area contributed by atoms with Gasteiger partial charge in [0.05, 0.1) is 11.1 Å². The van der Waals surface area contributed by atoms with Gasteiger partial charge in [0.1, 0.15) is 6.04 Å². The number of ketones is 1. The molecule has 0 N–H and O–H groups in total. The average molecular weight is 393 g/mol. The van der Waals surface area contributed by atoms with Gasteiger partial charge in [0.25, 0.3) is 11.8 Å². The maximum absolute atomic E-state index is 12.6. The number of amides is 2. The Bertz CT molecular complexity index is 1020. The lowest BCUT2D eigenvalue weighted by molar-refractivity contribution is -0.146. The predicted octanol–water partition coefficient (Wildman–Crippen LogP) is 3.33. The van der Waals surface area contributed by atoms with Crippen LogP contribution < -0.4 is 0 Å². The van der Waals surface area contributed by atoms with E-state index in [9.17, 15) is 19.2 Å². The van der Waals surface area contributed by atoms with Crippen LogP contribution >= 0.6 is 0 Å². The Morgan fingerprint density at radius 3 is 2.03 bits per heavy atom. The Labute approximate surface area is 169 Å². The van der Waals surface area contributed by atoms with E-state index >= 15 is 0 Å². The van der Waals surface area contributed by atoms with Gasteiger partial charge in [-0.15, -0.1) is 0 Å². The number of benzene rings is 2. The van der Waals surface area contributed by atoms with Crippen molar-refractivity contribution in [1.29, 1.82) is 0 Å². The number of imide groups is 1. The first-order valence-corrected chi connectivity index (χ1v) is 9.39. The average Bonchev–Trinajstić information content (AvgIpc) is 2.97. The van der Waals surface area contributed by atoms with E-state index in [1.54, 1.807) is 30.3 Å². The van der Waals surface area contributed by atoms with Crippen LogP contribution in [0.2, 0.25) is 0 Å². The highest BCUT2D eigenvalue weighted by atomic mass is 16.5. The molecule has 1 aliphatic rings. The standard InChI is InChI=1S/C23H23NO5/c1-12-10-19(15(4)14(3)13(12)2)20(25)11-29-23(28)16(5)24-21(26)17-8-6-7-9-18(17)22(24)27/h6-10,16H,11H2,1-5H3/t16-/m1/s1. The van der Waals surface area contributed by atoms with Crippen molar-refractivity contribution in [3.63, 3.8) is 0 Å². The van der Waals surface area contributed by atoms with Crippen LogP contribution in [0.4, 0.5) is 0 Å². The highest BCUT2D eigenvalue weighted by Crippen LogP contribution is 2.25. The molecule has 0 saturated heterocycles. The fourth-order valence-corrected chi connectivity index (χ4v) is 3.50. The summed E-state index contributed by atoms with van der Waals surface area (Å²) in [6.07, 6.45) is 0. The quantitative estimate of drug-likeness (QED) is 0.442. The van der Waals surface area contributed by atoms with Crippen LogP contribution in [-0.2, 0) is 9.53 Å². The second-order valence-corrected chi connectivity index (χ2v) is 7.35. The summed E-state index contributed by atoms with van der Waals surface area (Å²) in [4.78, 5) is 50.9. The van der Waals surface area contributed by atoms with Crippen molar-refractivity contribution in [2.75, 3.05) is 6.61 Å². The molecule has 1 atom stereocenters. The summed E-state index contributed by atoms with van der Waals surface area (Å²) in [6.45, 7) is 8.70. The van der Waals surface area contributed by atoms with Crippen LogP contribution in [0.25, 0.3) is 0 Å². The number of hydrogen-bond acceptors (Lipinski definition) is 5. The van der Waals surface area contributed by atoms with E-state index < -0.39 is 30.4 Å². The molecule has 0 aliphatic carbocycles. The van der Waals surface area contributed by atoms with E-state index in [1.165, 1.54) is 6.92 Å². The molecule has 2 aromatic rings. The van der Waals surface area contributed by atoms with Gasteiger partial charge in [-0.2, -0.15) is 0 Å². The lowest BCUT2D eigenvalue weighted by atomic mass is 9.93. The molecule has 0 aromatic heterocycles. The Morgan fingerprint density at radius 1 is 0.931 bits per heavy atom. The predicted molar refractivity (Wildman–Crippen MR) is 107 cm³/mol. The van der Waals surface area contributed by atoms with Gasteiger partial charge in [0.15, 0.2) is 6.61 Å². The zero-order chi connectivity index (χ0) is 21.5. The summed E-state index contributed by atoms with van der Waals surface area (Å²) in [5.74, 6) is -2.20. The highest BCUT2D eigenvalue weighted by molar-refractivity contribution is 6.22. The van der Waals surface area contributed by atoms with Gasteiger partial charge in [-0.1, -0.05) is 12.1 Å². The fraction of sp³-hybridized carbons (Fsp3) is 0.304. The number of ether oxygens (including phenoxy) is 1. The van der Waals surface area contributed by atoms with Gasteiger partial charge in [-0.25, -0.2) is 4.79 Å². The fourth-order valence-electron chi connectivity index (χ4n) is 3.50. The van der Waals surface area contributed by atoms with Crippen molar-refractivity contribution < 1.29 is 23.9 Å². The van der Waals surface area contributed by atoms with Gasteiger partial charge < -0.3 is 4.74 Å². The Morgan fingerprint density at radius 2 is 1.48 bits per heavy atom. The third kappa shape index (κ3) is 3.46. The Hall–Kier alpha value is -3.28. The molecule has 1 aliphatic heterocycles. The number of Topliss-reactive ketones (excluding diaryl/α,β-unsaturated/α-hetero) is 1. The Kier molecular flexibility index (Phi) is 5.38. The van der Waals surface area contributed by atoms with Crippen LogP contribution in [0, 0.1) is 27.7 Å². The molecule has 0 fully saturated rings. The lowest BCUT2D eigenvalue weighted by Gasteiger charge is -2.21. The zero-order valence-corrected chi connectivity index (χ0v) is 17.2. The van der Waals surface area contributed by atoms with E-state index in [0.717, 1.165) is 27.2 Å². The maximum Gasteiger partial charge on any atom is 0.329 e. The summed E-state index contributed by atoms with van der Waals surface area (Å²) >= 11 is 0. The van der Waals surface area contributed by atoms with Crippen molar-refractivity contribution in [2.24, 2.45) is 0 Å². The van der Waals surface area contributed by atoms with Crippen LogP contribution in [0.5, 0.6) is 0 Å².